The molecule has 3 nitrogen and oxygen atoms in total. The van der Waals surface area contributed by atoms with Crippen molar-refractivity contribution in [2.45, 2.75) is 6.54 Å². The van der Waals surface area contributed by atoms with Crippen molar-refractivity contribution >= 4 is 5.91 Å². The highest BCUT2D eigenvalue weighted by Gasteiger charge is 2.14. The van der Waals surface area contributed by atoms with Crippen molar-refractivity contribution in [3.63, 3.8) is 0 Å². The van der Waals surface area contributed by atoms with E-state index in [4.69, 9.17) is 4.42 Å². The number of carbonyl (C=O) groups is 1. The van der Waals surface area contributed by atoms with Gasteiger partial charge in [0.15, 0.2) is 5.76 Å². The van der Waals surface area contributed by atoms with Crippen LogP contribution in [0.4, 0.5) is 8.78 Å². The molecule has 0 aliphatic rings. The highest BCUT2D eigenvalue weighted by atomic mass is 19.1. The Morgan fingerprint density at radius 2 is 1.83 bits per heavy atom. The van der Waals surface area contributed by atoms with Crippen molar-refractivity contribution in [3.05, 3.63) is 83.6 Å². The number of benzene rings is 2. The molecule has 0 aliphatic carbocycles. The van der Waals surface area contributed by atoms with E-state index < -0.39 is 11.7 Å². The maximum Gasteiger partial charge on any atom is 0.287 e. The van der Waals surface area contributed by atoms with E-state index in [9.17, 15) is 13.6 Å². The van der Waals surface area contributed by atoms with Gasteiger partial charge in [-0.2, -0.15) is 0 Å². The van der Waals surface area contributed by atoms with Gasteiger partial charge in [0.1, 0.15) is 17.4 Å². The minimum Gasteiger partial charge on any atom is -0.451 e. The topological polar surface area (TPSA) is 42.2 Å². The monoisotopic (exact) mass is 313 g/mol. The van der Waals surface area contributed by atoms with Crippen molar-refractivity contribution in [2.24, 2.45) is 0 Å². The summed E-state index contributed by atoms with van der Waals surface area (Å²) in [5, 5.41) is 2.63. The van der Waals surface area contributed by atoms with E-state index in [2.05, 4.69) is 5.32 Å². The molecule has 3 rings (SSSR count). The fraction of sp³-hybridized carbons (Fsp3) is 0.0556. The third-order valence-corrected chi connectivity index (χ3v) is 3.31. The van der Waals surface area contributed by atoms with Crippen LogP contribution in [0.3, 0.4) is 0 Å². The molecule has 0 spiro atoms. The van der Waals surface area contributed by atoms with Crippen LogP contribution in [0.5, 0.6) is 0 Å². The molecule has 5 heteroatoms. The van der Waals surface area contributed by atoms with Gasteiger partial charge in [0.05, 0.1) is 5.56 Å². The molecule has 2 aromatic carbocycles. The predicted octanol–water partition coefficient (Wildman–Crippen LogP) is 4.15. The average Bonchev–Trinajstić information content (AvgIpc) is 3.03. The summed E-state index contributed by atoms with van der Waals surface area (Å²) in [6, 6.07) is 15.1. The quantitative estimate of drug-likeness (QED) is 0.786. The lowest BCUT2D eigenvalue weighted by Gasteiger charge is -2.04. The Balaban J connectivity index is 1.70. The third kappa shape index (κ3) is 3.45. The van der Waals surface area contributed by atoms with Crippen molar-refractivity contribution < 1.29 is 18.0 Å². The second-order valence-electron chi connectivity index (χ2n) is 4.96. The SMILES string of the molecule is O=C(NCc1cccc(F)c1)c1ccc(-c2ccccc2F)o1. The van der Waals surface area contributed by atoms with Gasteiger partial charge in [-0.15, -0.1) is 0 Å². The summed E-state index contributed by atoms with van der Waals surface area (Å²) in [4.78, 5) is 12.0. The van der Waals surface area contributed by atoms with Gasteiger partial charge in [-0.05, 0) is 42.0 Å². The molecular weight excluding hydrogens is 300 g/mol. The molecule has 0 unspecified atom stereocenters. The van der Waals surface area contributed by atoms with E-state index in [0.717, 1.165) is 0 Å². The molecular formula is C18H13F2NO2. The second-order valence-corrected chi connectivity index (χ2v) is 4.96. The van der Waals surface area contributed by atoms with Gasteiger partial charge in [-0.3, -0.25) is 4.79 Å². The zero-order valence-electron chi connectivity index (χ0n) is 12.1. The Bertz CT molecular complexity index is 842. The number of halogens is 2. The van der Waals surface area contributed by atoms with E-state index in [1.165, 1.54) is 30.3 Å². The summed E-state index contributed by atoms with van der Waals surface area (Å²) in [7, 11) is 0. The standard InChI is InChI=1S/C18H13F2NO2/c19-13-5-3-4-12(10-13)11-21-18(22)17-9-8-16(23-17)14-6-1-2-7-15(14)20/h1-10H,11H2,(H,21,22). The second kappa shape index (κ2) is 6.44. The first-order valence-corrected chi connectivity index (χ1v) is 7.01. The summed E-state index contributed by atoms with van der Waals surface area (Å²) in [5.41, 5.74) is 0.927. The molecule has 0 saturated carbocycles. The van der Waals surface area contributed by atoms with Crippen molar-refractivity contribution in [1.82, 2.24) is 5.32 Å². The molecule has 0 radical (unpaired) electrons. The third-order valence-electron chi connectivity index (χ3n) is 3.31. The predicted molar refractivity (Wildman–Crippen MR) is 81.7 cm³/mol. The van der Waals surface area contributed by atoms with Gasteiger partial charge in [-0.25, -0.2) is 8.78 Å². The van der Waals surface area contributed by atoms with E-state index in [0.29, 0.717) is 5.56 Å². The van der Waals surface area contributed by atoms with Gasteiger partial charge in [-0.1, -0.05) is 24.3 Å². The minimum atomic E-state index is -0.447. The molecule has 0 bridgehead atoms. The zero-order valence-corrected chi connectivity index (χ0v) is 12.1. The van der Waals surface area contributed by atoms with Gasteiger partial charge >= 0.3 is 0 Å². The number of hydrogen-bond donors (Lipinski definition) is 1. The largest absolute Gasteiger partial charge is 0.451 e. The minimum absolute atomic E-state index is 0.0691. The summed E-state index contributed by atoms with van der Waals surface area (Å²) in [6.07, 6.45) is 0. The number of rotatable bonds is 4. The fourth-order valence-electron chi connectivity index (χ4n) is 2.18. The number of carbonyl (C=O) groups excluding carboxylic acids is 1. The molecule has 0 atom stereocenters. The van der Waals surface area contributed by atoms with Crippen LogP contribution in [0.25, 0.3) is 11.3 Å². The molecule has 1 heterocycles. The highest BCUT2D eigenvalue weighted by Crippen LogP contribution is 2.24. The van der Waals surface area contributed by atoms with Crippen LogP contribution in [0.15, 0.2) is 65.1 Å². The lowest BCUT2D eigenvalue weighted by atomic mass is 10.1. The molecule has 116 valence electrons. The number of nitrogens with one attached hydrogen (secondary N) is 1. The van der Waals surface area contributed by atoms with Crippen LogP contribution in [-0.2, 0) is 6.54 Å². The molecule has 0 fully saturated rings. The first-order chi connectivity index (χ1) is 11.1. The van der Waals surface area contributed by atoms with E-state index in [1.807, 2.05) is 0 Å². The Morgan fingerprint density at radius 3 is 2.61 bits per heavy atom. The molecule has 1 amide bonds. The van der Waals surface area contributed by atoms with Crippen LogP contribution in [0, 0.1) is 11.6 Å². The van der Waals surface area contributed by atoms with Gasteiger partial charge in [0, 0.05) is 6.54 Å². The summed E-state index contributed by atoms with van der Waals surface area (Å²) in [5.74, 6) is -0.888. The smallest absolute Gasteiger partial charge is 0.287 e. The number of furan rings is 1. The fourth-order valence-corrected chi connectivity index (χ4v) is 2.18. The molecule has 3 aromatic rings. The first-order valence-electron chi connectivity index (χ1n) is 7.01. The number of amides is 1. The Kier molecular flexibility index (Phi) is 4.19. The van der Waals surface area contributed by atoms with Gasteiger partial charge in [0.25, 0.3) is 5.91 Å². The van der Waals surface area contributed by atoms with Crippen molar-refractivity contribution in [1.29, 1.82) is 0 Å². The first kappa shape index (κ1) is 15.0. The van der Waals surface area contributed by atoms with Crippen LogP contribution in [0.1, 0.15) is 16.1 Å². The summed E-state index contributed by atoms with van der Waals surface area (Å²) < 4.78 is 32.2. The van der Waals surface area contributed by atoms with Gasteiger partial charge < -0.3 is 9.73 Å². The maximum absolute atomic E-state index is 13.7. The van der Waals surface area contributed by atoms with Crippen LogP contribution in [-0.4, -0.2) is 5.91 Å². The molecule has 1 N–H and O–H groups in total. The molecule has 23 heavy (non-hydrogen) atoms. The molecule has 0 saturated heterocycles. The molecule has 0 aliphatic heterocycles. The summed E-state index contributed by atoms with van der Waals surface area (Å²) in [6.45, 7) is 0.173. The average molecular weight is 313 g/mol. The molecule has 1 aromatic heterocycles. The van der Waals surface area contributed by atoms with Crippen LogP contribution >= 0.6 is 0 Å². The number of hydrogen-bond acceptors (Lipinski definition) is 2. The Labute approximate surface area is 131 Å². The normalized spacial score (nSPS) is 10.5. The van der Waals surface area contributed by atoms with Crippen LogP contribution < -0.4 is 5.32 Å². The summed E-state index contributed by atoms with van der Waals surface area (Å²) >= 11 is 0. The van der Waals surface area contributed by atoms with E-state index in [-0.39, 0.29) is 29.4 Å². The van der Waals surface area contributed by atoms with E-state index in [1.54, 1.807) is 30.3 Å². The lowest BCUT2D eigenvalue weighted by Crippen LogP contribution is -2.22. The maximum atomic E-state index is 13.7. The van der Waals surface area contributed by atoms with Crippen molar-refractivity contribution in [3.8, 4) is 11.3 Å². The Morgan fingerprint density at radius 1 is 1.00 bits per heavy atom. The zero-order chi connectivity index (χ0) is 16.2. The van der Waals surface area contributed by atoms with Crippen molar-refractivity contribution in [2.75, 3.05) is 0 Å². The van der Waals surface area contributed by atoms with Gasteiger partial charge in [0.2, 0.25) is 0 Å². The van der Waals surface area contributed by atoms with Crippen LogP contribution in [0.2, 0.25) is 0 Å². The van der Waals surface area contributed by atoms with E-state index >= 15 is 0 Å². The lowest BCUT2D eigenvalue weighted by molar-refractivity contribution is 0.0924. The highest BCUT2D eigenvalue weighted by molar-refractivity contribution is 5.92. The Hall–Kier alpha value is -2.95.